The van der Waals surface area contributed by atoms with Gasteiger partial charge in [0, 0.05) is 74.3 Å². The Bertz CT molecular complexity index is 1150. The molecule has 2 N–H and O–H groups in total. The second kappa shape index (κ2) is 9.36. The lowest BCUT2D eigenvalue weighted by Gasteiger charge is -2.37. The lowest BCUT2D eigenvalue weighted by Crippen LogP contribution is -2.49. The van der Waals surface area contributed by atoms with Gasteiger partial charge >= 0.3 is 0 Å². The number of pyridine rings is 2. The third-order valence-electron chi connectivity index (χ3n) is 7.51. The van der Waals surface area contributed by atoms with E-state index in [-0.39, 0.29) is 29.7 Å². The summed E-state index contributed by atoms with van der Waals surface area (Å²) in [6.45, 7) is 5.14. The van der Waals surface area contributed by atoms with Gasteiger partial charge in [0.1, 0.15) is 5.82 Å². The predicted molar refractivity (Wildman–Crippen MR) is 133 cm³/mol. The van der Waals surface area contributed by atoms with Gasteiger partial charge in [0.2, 0.25) is 0 Å². The Morgan fingerprint density at radius 3 is 2.34 bits per heavy atom. The smallest absolute Gasteiger partial charge is 0.198 e. The maximum Gasteiger partial charge on any atom is 0.198 e. The number of piperazine rings is 1. The maximum atomic E-state index is 11.0. The maximum absolute atomic E-state index is 11.0. The van der Waals surface area contributed by atoms with Gasteiger partial charge in [-0.3, -0.25) is 14.5 Å². The number of aromatic nitrogens is 3. The molecule has 3 aromatic rings. The zero-order valence-corrected chi connectivity index (χ0v) is 19.7. The van der Waals surface area contributed by atoms with Crippen LogP contribution in [0.1, 0.15) is 34.9 Å². The highest BCUT2D eigenvalue weighted by Gasteiger charge is 2.41. The fraction of sp³-hybridized carbons (Fsp3) is 0.407. The number of ether oxygens (including phenoxy) is 1. The van der Waals surface area contributed by atoms with Crippen LogP contribution in [0.4, 0.5) is 5.82 Å². The molecule has 3 aliphatic rings. The normalized spacial score (nSPS) is 22.0. The van der Waals surface area contributed by atoms with Crippen molar-refractivity contribution in [2.75, 3.05) is 37.6 Å². The summed E-state index contributed by atoms with van der Waals surface area (Å²) in [5, 5.41) is 22.1. The molecule has 2 unspecified atom stereocenters. The Kier molecular flexibility index (Phi) is 5.91. The van der Waals surface area contributed by atoms with Crippen molar-refractivity contribution in [1.29, 1.82) is 0 Å². The Morgan fingerprint density at radius 2 is 1.69 bits per heavy atom. The lowest BCUT2D eigenvalue weighted by molar-refractivity contribution is 0.00187. The van der Waals surface area contributed by atoms with Crippen LogP contribution >= 0.6 is 0 Å². The largest absolute Gasteiger partial charge is 0.494 e. The van der Waals surface area contributed by atoms with E-state index in [1.54, 1.807) is 10.8 Å². The van der Waals surface area contributed by atoms with E-state index in [0.29, 0.717) is 19.7 Å². The number of hydrogen-bond acceptors (Lipinski definition) is 7. The molecule has 8 heteroatoms. The molecule has 0 spiro atoms. The first kappa shape index (κ1) is 22.1. The second-order valence-corrected chi connectivity index (χ2v) is 9.69. The molecule has 2 bridgehead atoms. The number of fused-ring (bicyclic) bond motifs is 5. The fourth-order valence-corrected chi connectivity index (χ4v) is 5.72. The summed E-state index contributed by atoms with van der Waals surface area (Å²) in [6.07, 6.45) is 10.4. The van der Waals surface area contributed by atoms with Gasteiger partial charge in [-0.15, -0.1) is 0 Å². The van der Waals surface area contributed by atoms with E-state index in [4.69, 9.17) is 4.74 Å². The minimum atomic E-state index is -0.202. The molecule has 6 rings (SSSR count). The summed E-state index contributed by atoms with van der Waals surface area (Å²) >= 11 is 0. The zero-order chi connectivity index (χ0) is 23.8. The Morgan fingerprint density at radius 1 is 0.914 bits per heavy atom. The first-order valence-corrected chi connectivity index (χ1v) is 12.4. The van der Waals surface area contributed by atoms with Crippen molar-refractivity contribution in [1.82, 2.24) is 19.4 Å². The van der Waals surface area contributed by atoms with E-state index in [9.17, 15) is 10.2 Å². The van der Waals surface area contributed by atoms with Crippen LogP contribution in [0.15, 0.2) is 61.1 Å². The third kappa shape index (κ3) is 4.28. The molecule has 1 aliphatic heterocycles. The highest BCUT2D eigenvalue weighted by molar-refractivity contribution is 5.58. The summed E-state index contributed by atoms with van der Waals surface area (Å²) in [7, 11) is 0. The summed E-state index contributed by atoms with van der Waals surface area (Å²) in [6, 6.07) is 9.91. The van der Waals surface area contributed by atoms with Gasteiger partial charge in [0.05, 0.1) is 19.3 Å². The highest BCUT2D eigenvalue weighted by atomic mass is 16.5. The first-order valence-electron chi connectivity index (χ1n) is 12.4. The third-order valence-corrected chi connectivity index (χ3v) is 7.51. The van der Waals surface area contributed by atoms with E-state index in [1.165, 1.54) is 0 Å². The van der Waals surface area contributed by atoms with Crippen LogP contribution in [0.2, 0.25) is 0 Å². The molecule has 0 radical (unpaired) electrons. The van der Waals surface area contributed by atoms with Crippen LogP contribution in [-0.4, -0.2) is 68.5 Å². The predicted octanol–water partition coefficient (Wildman–Crippen LogP) is 3.24. The number of hydrogen-bond donors (Lipinski definition) is 2. The topological polar surface area (TPSA) is 86.9 Å². The molecule has 2 aliphatic carbocycles. The molecule has 3 aromatic heterocycles. The van der Waals surface area contributed by atoms with Gasteiger partial charge in [-0.2, -0.15) is 0 Å². The first-order chi connectivity index (χ1) is 17.2. The second-order valence-electron chi connectivity index (χ2n) is 9.69. The minimum absolute atomic E-state index is 0.185. The zero-order valence-electron chi connectivity index (χ0n) is 19.7. The van der Waals surface area contributed by atoms with Gasteiger partial charge in [-0.1, -0.05) is 24.3 Å². The van der Waals surface area contributed by atoms with E-state index in [0.717, 1.165) is 55.1 Å². The van der Waals surface area contributed by atoms with Crippen LogP contribution in [-0.2, 0) is 17.9 Å². The van der Waals surface area contributed by atoms with Crippen molar-refractivity contribution in [2.45, 2.75) is 37.5 Å². The van der Waals surface area contributed by atoms with Crippen LogP contribution in [0.3, 0.4) is 0 Å². The summed E-state index contributed by atoms with van der Waals surface area (Å²) in [5.41, 5.74) is 2.79. The molecular weight excluding hydrogens is 442 g/mol. The van der Waals surface area contributed by atoms with Crippen molar-refractivity contribution in [2.24, 2.45) is 0 Å². The molecule has 1 fully saturated rings. The highest BCUT2D eigenvalue weighted by Crippen LogP contribution is 2.56. The van der Waals surface area contributed by atoms with Crippen LogP contribution in [0.5, 0.6) is 11.8 Å². The molecule has 3 atom stereocenters. The van der Waals surface area contributed by atoms with E-state index in [2.05, 4.69) is 31.9 Å². The van der Waals surface area contributed by atoms with Crippen molar-refractivity contribution in [3.05, 3.63) is 77.8 Å². The Labute approximate surface area is 205 Å². The van der Waals surface area contributed by atoms with Gasteiger partial charge in [-0.05, 0) is 30.2 Å². The molecule has 0 aromatic carbocycles. The average molecular weight is 474 g/mol. The number of rotatable bonds is 8. The number of nitrogens with zero attached hydrogens (tertiary/aromatic N) is 5. The minimum Gasteiger partial charge on any atom is -0.494 e. The lowest BCUT2D eigenvalue weighted by atomic mass is 10.0. The fourth-order valence-electron chi connectivity index (χ4n) is 5.72. The molecular formula is C27H31N5O3. The van der Waals surface area contributed by atoms with Gasteiger partial charge in [-0.25, -0.2) is 4.98 Å². The SMILES string of the molecule is Oc1c2c(c(O)n1CC(CN1CCN(c3ccccn3)CC1)OCc1cccnc1)[C@H]1C=CC2C1. The van der Waals surface area contributed by atoms with Crippen molar-refractivity contribution in [3.63, 3.8) is 0 Å². The van der Waals surface area contributed by atoms with Crippen molar-refractivity contribution >= 4 is 5.82 Å². The summed E-state index contributed by atoms with van der Waals surface area (Å²) in [4.78, 5) is 13.4. The van der Waals surface area contributed by atoms with Gasteiger partial charge < -0.3 is 19.8 Å². The summed E-state index contributed by atoms with van der Waals surface area (Å²) in [5.74, 6) is 1.79. The molecule has 8 nitrogen and oxygen atoms in total. The van der Waals surface area contributed by atoms with Gasteiger partial charge in [0.25, 0.3) is 0 Å². The molecule has 0 amide bonds. The Balaban J connectivity index is 1.16. The quantitative estimate of drug-likeness (QED) is 0.486. The van der Waals surface area contributed by atoms with E-state index >= 15 is 0 Å². The number of anilines is 1. The monoisotopic (exact) mass is 473 g/mol. The van der Waals surface area contributed by atoms with Crippen LogP contribution in [0.25, 0.3) is 0 Å². The van der Waals surface area contributed by atoms with Crippen molar-refractivity contribution < 1.29 is 14.9 Å². The van der Waals surface area contributed by atoms with Crippen LogP contribution in [0, 0.1) is 0 Å². The summed E-state index contributed by atoms with van der Waals surface area (Å²) < 4.78 is 8.01. The standard InChI is InChI=1S/C27H31N5O3/c33-26-24-20-6-7-21(14-20)25(24)27(34)32(26)17-22(35-18-19-4-3-8-28-15-19)16-30-10-12-31(13-11-30)23-5-1-2-9-29-23/h1-9,15,20-22,33-34H,10-14,16-18H2/t20-,21?,22?/m0/s1. The molecule has 0 saturated carbocycles. The van der Waals surface area contributed by atoms with Crippen LogP contribution < -0.4 is 4.90 Å². The molecule has 1 saturated heterocycles. The molecule has 4 heterocycles. The van der Waals surface area contributed by atoms with E-state index in [1.807, 2.05) is 42.7 Å². The number of allylic oxidation sites excluding steroid dienone is 2. The van der Waals surface area contributed by atoms with Crippen molar-refractivity contribution in [3.8, 4) is 11.8 Å². The number of aromatic hydroxyl groups is 2. The van der Waals surface area contributed by atoms with E-state index < -0.39 is 0 Å². The molecule has 35 heavy (non-hydrogen) atoms. The Hall–Kier alpha value is -3.36. The average Bonchev–Trinajstić information content (AvgIpc) is 3.59. The van der Waals surface area contributed by atoms with Gasteiger partial charge in [0.15, 0.2) is 11.8 Å². The molecule has 182 valence electrons.